The monoisotopic (exact) mass is 242 g/mol. The van der Waals surface area contributed by atoms with Crippen molar-refractivity contribution < 1.29 is 19.1 Å². The zero-order valence-electron chi connectivity index (χ0n) is 11.3. The van der Waals surface area contributed by atoms with Crippen LogP contribution in [0.5, 0.6) is 0 Å². The molecule has 0 amide bonds. The molecule has 0 aromatic rings. The van der Waals surface area contributed by atoms with Crippen LogP contribution in [0.15, 0.2) is 11.6 Å². The molecule has 0 atom stereocenters. The van der Waals surface area contributed by atoms with Gasteiger partial charge in [-0.2, -0.15) is 0 Å². The molecule has 0 unspecified atom stereocenters. The second kappa shape index (κ2) is 7.87. The van der Waals surface area contributed by atoms with E-state index in [-0.39, 0.29) is 24.6 Å². The normalized spacial score (nSPS) is 11.8. The molecule has 4 nitrogen and oxygen atoms in total. The maximum Gasteiger partial charge on any atom is 0.337 e. The summed E-state index contributed by atoms with van der Waals surface area (Å²) in [4.78, 5) is 22.9. The summed E-state index contributed by atoms with van der Waals surface area (Å²) in [5, 5.41) is 0. The van der Waals surface area contributed by atoms with Gasteiger partial charge in [-0.1, -0.05) is 26.8 Å². The molecular formula is C13H22O4. The van der Waals surface area contributed by atoms with Crippen LogP contribution in [0.1, 0.15) is 41.0 Å². The molecule has 0 spiro atoms. The number of carbonyl (C=O) groups is 2. The Labute approximate surface area is 103 Å². The van der Waals surface area contributed by atoms with Gasteiger partial charge in [0.15, 0.2) is 0 Å². The van der Waals surface area contributed by atoms with Crippen molar-refractivity contribution in [3.05, 3.63) is 11.6 Å². The lowest BCUT2D eigenvalue weighted by Crippen LogP contribution is -2.20. The Balaban J connectivity index is 4.41. The summed E-state index contributed by atoms with van der Waals surface area (Å²) in [6.45, 7) is 8.95. The minimum atomic E-state index is -0.418. The highest BCUT2D eigenvalue weighted by atomic mass is 16.6. The molecule has 0 fully saturated rings. The molecule has 0 saturated carbocycles. The Bertz CT molecular complexity index is 290. The average molecular weight is 242 g/mol. The fourth-order valence-electron chi connectivity index (χ4n) is 1.05. The molecule has 0 aliphatic carbocycles. The van der Waals surface area contributed by atoms with Crippen molar-refractivity contribution in [2.45, 2.75) is 47.1 Å². The first kappa shape index (κ1) is 15.7. The maximum absolute atomic E-state index is 11.6. The van der Waals surface area contributed by atoms with E-state index in [0.29, 0.717) is 12.0 Å². The van der Waals surface area contributed by atoms with Gasteiger partial charge < -0.3 is 9.47 Å². The second-order valence-corrected chi connectivity index (χ2v) is 4.35. The minimum Gasteiger partial charge on any atom is -0.460 e. The van der Waals surface area contributed by atoms with E-state index in [1.807, 2.05) is 6.92 Å². The van der Waals surface area contributed by atoms with Crippen LogP contribution in [0.25, 0.3) is 0 Å². The molecule has 0 aliphatic rings. The van der Waals surface area contributed by atoms with Crippen molar-refractivity contribution in [2.24, 2.45) is 5.92 Å². The third kappa shape index (κ3) is 6.76. The topological polar surface area (TPSA) is 52.6 Å². The van der Waals surface area contributed by atoms with Gasteiger partial charge in [-0.05, 0) is 20.3 Å². The largest absolute Gasteiger partial charge is 0.460 e. The predicted octanol–water partition coefficient (Wildman–Crippen LogP) is 2.47. The molecule has 0 aromatic heterocycles. The SMILES string of the molecule is CCC=C(COC(=O)C(C)C)C(=O)OC(C)C. The lowest BCUT2D eigenvalue weighted by atomic mass is 10.2. The zero-order valence-corrected chi connectivity index (χ0v) is 11.3. The molecule has 0 saturated heterocycles. The van der Waals surface area contributed by atoms with Gasteiger partial charge in [0.1, 0.15) is 6.61 Å². The number of ether oxygens (including phenoxy) is 2. The number of rotatable bonds is 6. The summed E-state index contributed by atoms with van der Waals surface area (Å²) in [6, 6.07) is 0. The Morgan fingerprint density at radius 2 is 1.76 bits per heavy atom. The zero-order chi connectivity index (χ0) is 13.4. The third-order valence-electron chi connectivity index (χ3n) is 1.90. The van der Waals surface area contributed by atoms with Gasteiger partial charge in [0.2, 0.25) is 0 Å². The van der Waals surface area contributed by atoms with Crippen molar-refractivity contribution in [1.29, 1.82) is 0 Å². The Morgan fingerprint density at radius 3 is 2.18 bits per heavy atom. The lowest BCUT2D eigenvalue weighted by Gasteiger charge is -2.12. The summed E-state index contributed by atoms with van der Waals surface area (Å²) in [6.07, 6.45) is 2.24. The molecular weight excluding hydrogens is 220 g/mol. The van der Waals surface area contributed by atoms with E-state index >= 15 is 0 Å². The van der Waals surface area contributed by atoms with Gasteiger partial charge in [0.05, 0.1) is 17.6 Å². The van der Waals surface area contributed by atoms with Gasteiger partial charge in [0.25, 0.3) is 0 Å². The number of hydrogen-bond acceptors (Lipinski definition) is 4. The third-order valence-corrected chi connectivity index (χ3v) is 1.90. The Kier molecular flexibility index (Phi) is 7.26. The van der Waals surface area contributed by atoms with Gasteiger partial charge in [0, 0.05) is 0 Å². The number of esters is 2. The summed E-state index contributed by atoms with van der Waals surface area (Å²) in [5.74, 6) is -0.929. The smallest absolute Gasteiger partial charge is 0.337 e. The Hall–Kier alpha value is -1.32. The van der Waals surface area contributed by atoms with Crippen LogP contribution in [-0.4, -0.2) is 24.6 Å². The molecule has 0 rings (SSSR count). The van der Waals surface area contributed by atoms with Crippen molar-refractivity contribution >= 4 is 11.9 Å². The summed E-state index contributed by atoms with van der Waals surface area (Å²) >= 11 is 0. The minimum absolute atomic E-state index is 0.0175. The molecule has 98 valence electrons. The fourth-order valence-corrected chi connectivity index (χ4v) is 1.05. The van der Waals surface area contributed by atoms with Crippen LogP contribution in [-0.2, 0) is 19.1 Å². The molecule has 0 radical (unpaired) electrons. The summed E-state index contributed by atoms with van der Waals surface area (Å²) in [5.41, 5.74) is 0.398. The molecule has 0 aromatic carbocycles. The first-order valence-corrected chi connectivity index (χ1v) is 5.95. The van der Waals surface area contributed by atoms with Crippen LogP contribution < -0.4 is 0 Å². The van der Waals surface area contributed by atoms with E-state index in [0.717, 1.165) is 0 Å². The predicted molar refractivity (Wildman–Crippen MR) is 65.4 cm³/mol. The number of hydrogen-bond donors (Lipinski definition) is 0. The molecule has 17 heavy (non-hydrogen) atoms. The van der Waals surface area contributed by atoms with E-state index in [9.17, 15) is 9.59 Å². The van der Waals surface area contributed by atoms with Crippen LogP contribution in [0.2, 0.25) is 0 Å². The van der Waals surface area contributed by atoms with E-state index in [4.69, 9.17) is 9.47 Å². The summed E-state index contributed by atoms with van der Waals surface area (Å²) in [7, 11) is 0. The van der Waals surface area contributed by atoms with Crippen LogP contribution in [0.3, 0.4) is 0 Å². The van der Waals surface area contributed by atoms with Crippen molar-refractivity contribution in [1.82, 2.24) is 0 Å². The first-order chi connectivity index (χ1) is 7.88. The van der Waals surface area contributed by atoms with E-state index in [1.54, 1.807) is 33.8 Å². The van der Waals surface area contributed by atoms with E-state index in [1.165, 1.54) is 0 Å². The number of carbonyl (C=O) groups excluding carboxylic acids is 2. The lowest BCUT2D eigenvalue weighted by molar-refractivity contribution is -0.148. The standard InChI is InChI=1S/C13H22O4/c1-6-7-11(13(15)17-10(4)5)8-16-12(14)9(2)3/h7,9-10H,6,8H2,1-5H3. The Morgan fingerprint density at radius 1 is 1.18 bits per heavy atom. The van der Waals surface area contributed by atoms with Crippen molar-refractivity contribution in [3.8, 4) is 0 Å². The molecule has 0 N–H and O–H groups in total. The average Bonchev–Trinajstić information content (AvgIpc) is 2.22. The van der Waals surface area contributed by atoms with Gasteiger partial charge >= 0.3 is 11.9 Å². The van der Waals surface area contributed by atoms with E-state index < -0.39 is 5.97 Å². The van der Waals surface area contributed by atoms with E-state index in [2.05, 4.69) is 0 Å². The van der Waals surface area contributed by atoms with Gasteiger partial charge in [-0.25, -0.2) is 4.79 Å². The fraction of sp³-hybridized carbons (Fsp3) is 0.692. The molecule has 0 heterocycles. The second-order valence-electron chi connectivity index (χ2n) is 4.35. The number of allylic oxidation sites excluding steroid dienone is 1. The van der Waals surface area contributed by atoms with Gasteiger partial charge in [-0.3, -0.25) is 4.79 Å². The maximum atomic E-state index is 11.6. The first-order valence-electron chi connectivity index (χ1n) is 5.95. The van der Waals surface area contributed by atoms with Crippen molar-refractivity contribution in [2.75, 3.05) is 6.61 Å². The molecule has 0 bridgehead atoms. The highest BCUT2D eigenvalue weighted by Crippen LogP contribution is 2.06. The van der Waals surface area contributed by atoms with Crippen LogP contribution in [0, 0.1) is 5.92 Å². The van der Waals surface area contributed by atoms with Crippen LogP contribution >= 0.6 is 0 Å². The van der Waals surface area contributed by atoms with Crippen molar-refractivity contribution in [3.63, 3.8) is 0 Å². The quantitative estimate of drug-likeness (QED) is 0.530. The molecule has 0 aliphatic heterocycles. The summed E-state index contributed by atoms with van der Waals surface area (Å²) < 4.78 is 10.1. The highest BCUT2D eigenvalue weighted by molar-refractivity contribution is 5.89. The van der Waals surface area contributed by atoms with Crippen LogP contribution in [0.4, 0.5) is 0 Å². The highest BCUT2D eigenvalue weighted by Gasteiger charge is 2.16. The van der Waals surface area contributed by atoms with Gasteiger partial charge in [-0.15, -0.1) is 0 Å². The molecule has 4 heteroatoms.